The van der Waals surface area contributed by atoms with Gasteiger partial charge < -0.3 is 14.9 Å². The third-order valence-electron chi connectivity index (χ3n) is 3.08. The quantitative estimate of drug-likeness (QED) is 0.801. The molecule has 0 aromatic carbocycles. The van der Waals surface area contributed by atoms with Crippen LogP contribution in [0.15, 0.2) is 0 Å². The summed E-state index contributed by atoms with van der Waals surface area (Å²) in [5.41, 5.74) is 1.05. The van der Waals surface area contributed by atoms with Crippen molar-refractivity contribution in [3.63, 3.8) is 0 Å². The Morgan fingerprint density at radius 1 is 1.15 bits per heavy atom. The van der Waals surface area contributed by atoms with Gasteiger partial charge in [-0.15, -0.1) is 0 Å². The second-order valence-electron chi connectivity index (χ2n) is 6.26. The van der Waals surface area contributed by atoms with Gasteiger partial charge in [-0.2, -0.15) is 0 Å². The second-order valence-corrected chi connectivity index (χ2v) is 7.32. The van der Waals surface area contributed by atoms with Crippen LogP contribution in [0.25, 0.3) is 0 Å². The van der Waals surface area contributed by atoms with Crippen molar-refractivity contribution in [2.75, 3.05) is 38.6 Å². The van der Waals surface area contributed by atoms with E-state index in [1.54, 1.807) is 11.3 Å². The van der Waals surface area contributed by atoms with Crippen LogP contribution in [0.1, 0.15) is 44.2 Å². The van der Waals surface area contributed by atoms with Gasteiger partial charge in [0.2, 0.25) is 0 Å². The summed E-state index contributed by atoms with van der Waals surface area (Å²) in [5, 5.41) is 10.6. The lowest BCUT2D eigenvalue weighted by Crippen LogP contribution is -2.34. The Labute approximate surface area is 127 Å². The summed E-state index contributed by atoms with van der Waals surface area (Å²) in [6.07, 6.45) is 0. The van der Waals surface area contributed by atoms with E-state index in [9.17, 15) is 5.11 Å². The second kappa shape index (κ2) is 7.96. The summed E-state index contributed by atoms with van der Waals surface area (Å²) >= 11 is 1.64. The highest BCUT2D eigenvalue weighted by molar-refractivity contribution is 7.15. The van der Waals surface area contributed by atoms with Crippen molar-refractivity contribution in [1.29, 1.82) is 0 Å². The molecule has 0 fully saturated rings. The summed E-state index contributed by atoms with van der Waals surface area (Å²) < 4.78 is 0. The van der Waals surface area contributed by atoms with Gasteiger partial charge in [0.15, 0.2) is 5.13 Å². The maximum absolute atomic E-state index is 9.51. The Morgan fingerprint density at radius 2 is 1.80 bits per heavy atom. The molecule has 1 aromatic heterocycles. The first-order valence-corrected chi connectivity index (χ1v) is 8.16. The molecule has 1 N–H and O–H groups in total. The van der Waals surface area contributed by atoms with E-state index in [0.29, 0.717) is 11.8 Å². The highest BCUT2D eigenvalue weighted by atomic mass is 32.1. The van der Waals surface area contributed by atoms with Crippen molar-refractivity contribution in [3.05, 3.63) is 10.6 Å². The molecule has 1 heterocycles. The number of aliphatic hydroxyl groups excluding tert-OH is 1. The zero-order valence-electron chi connectivity index (χ0n) is 13.7. The summed E-state index contributed by atoms with van der Waals surface area (Å²) in [5.74, 6) is 0.957. The Kier molecular flexibility index (Phi) is 6.92. The SMILES string of the molecule is CC(C)CN(CCN(C)C)c1nc(C(C)C)c(CO)s1. The van der Waals surface area contributed by atoms with Gasteiger partial charge in [0.1, 0.15) is 0 Å². The van der Waals surface area contributed by atoms with Crippen LogP contribution in [0.3, 0.4) is 0 Å². The van der Waals surface area contributed by atoms with Crippen LogP contribution in [0, 0.1) is 5.92 Å². The number of likely N-dealkylation sites (N-methyl/N-ethyl adjacent to an activating group) is 1. The summed E-state index contributed by atoms with van der Waals surface area (Å²) in [6.45, 7) is 11.8. The molecule has 0 radical (unpaired) electrons. The molecule has 0 saturated heterocycles. The molecule has 20 heavy (non-hydrogen) atoms. The van der Waals surface area contributed by atoms with Gasteiger partial charge in [0.25, 0.3) is 0 Å². The van der Waals surface area contributed by atoms with Crippen LogP contribution in [0.5, 0.6) is 0 Å². The summed E-state index contributed by atoms with van der Waals surface area (Å²) in [6, 6.07) is 0. The van der Waals surface area contributed by atoms with Gasteiger partial charge in [-0.3, -0.25) is 0 Å². The minimum absolute atomic E-state index is 0.0916. The summed E-state index contributed by atoms with van der Waals surface area (Å²) in [7, 11) is 4.18. The monoisotopic (exact) mass is 299 g/mol. The van der Waals surface area contributed by atoms with Crippen LogP contribution in [-0.2, 0) is 6.61 Å². The van der Waals surface area contributed by atoms with Crippen LogP contribution in [0.4, 0.5) is 5.13 Å². The fraction of sp³-hybridized carbons (Fsp3) is 0.800. The molecule has 116 valence electrons. The standard InChI is InChI=1S/C15H29N3OS/c1-11(2)9-18(8-7-17(5)6)15-16-14(12(3)4)13(10-19)20-15/h11-12,19H,7-10H2,1-6H3. The third kappa shape index (κ3) is 5.04. The Hall–Kier alpha value is -0.650. The molecule has 0 aliphatic heterocycles. The van der Waals surface area contributed by atoms with E-state index in [0.717, 1.165) is 35.3 Å². The van der Waals surface area contributed by atoms with Gasteiger partial charge >= 0.3 is 0 Å². The maximum atomic E-state index is 9.51. The number of nitrogens with zero attached hydrogens (tertiary/aromatic N) is 3. The fourth-order valence-electron chi connectivity index (χ4n) is 2.08. The lowest BCUT2D eigenvalue weighted by molar-refractivity contribution is 0.283. The Balaban J connectivity index is 2.94. The maximum Gasteiger partial charge on any atom is 0.185 e. The average Bonchev–Trinajstić information content (AvgIpc) is 2.77. The van der Waals surface area contributed by atoms with Crippen LogP contribution >= 0.6 is 11.3 Å². The largest absolute Gasteiger partial charge is 0.391 e. The van der Waals surface area contributed by atoms with E-state index < -0.39 is 0 Å². The van der Waals surface area contributed by atoms with Crippen LogP contribution in [-0.4, -0.2) is 48.7 Å². The van der Waals surface area contributed by atoms with E-state index in [1.807, 2.05) is 0 Å². The first kappa shape index (κ1) is 17.4. The number of hydrogen-bond acceptors (Lipinski definition) is 5. The predicted molar refractivity (Wildman–Crippen MR) is 87.7 cm³/mol. The zero-order chi connectivity index (χ0) is 15.3. The van der Waals surface area contributed by atoms with E-state index in [4.69, 9.17) is 4.98 Å². The van der Waals surface area contributed by atoms with E-state index in [-0.39, 0.29) is 6.61 Å². The number of anilines is 1. The molecule has 0 spiro atoms. The molecule has 0 bridgehead atoms. The topological polar surface area (TPSA) is 39.6 Å². The molecule has 0 saturated carbocycles. The van der Waals surface area contributed by atoms with Crippen molar-refractivity contribution in [1.82, 2.24) is 9.88 Å². The average molecular weight is 299 g/mol. The van der Waals surface area contributed by atoms with E-state index >= 15 is 0 Å². The predicted octanol–water partition coefficient (Wildman–Crippen LogP) is 2.78. The van der Waals surface area contributed by atoms with Crippen molar-refractivity contribution in [2.45, 2.75) is 40.2 Å². The van der Waals surface area contributed by atoms with Gasteiger partial charge in [-0.25, -0.2) is 4.98 Å². The van der Waals surface area contributed by atoms with Gasteiger partial charge in [0, 0.05) is 19.6 Å². The van der Waals surface area contributed by atoms with Gasteiger partial charge in [-0.05, 0) is 25.9 Å². The minimum atomic E-state index is 0.0916. The lowest BCUT2D eigenvalue weighted by Gasteiger charge is -2.25. The highest BCUT2D eigenvalue weighted by Crippen LogP contribution is 2.31. The Morgan fingerprint density at radius 3 is 2.20 bits per heavy atom. The fourth-order valence-corrected chi connectivity index (χ4v) is 3.19. The molecule has 0 aliphatic rings. The van der Waals surface area contributed by atoms with E-state index in [2.05, 4.69) is 51.6 Å². The number of thiazole rings is 1. The van der Waals surface area contributed by atoms with E-state index in [1.165, 1.54) is 0 Å². The lowest BCUT2D eigenvalue weighted by atomic mass is 10.1. The van der Waals surface area contributed by atoms with Crippen molar-refractivity contribution >= 4 is 16.5 Å². The number of aliphatic hydroxyl groups is 1. The van der Waals surface area contributed by atoms with Crippen molar-refractivity contribution in [2.24, 2.45) is 5.92 Å². The number of aromatic nitrogens is 1. The first-order chi connectivity index (χ1) is 9.35. The Bertz CT molecular complexity index is 402. The highest BCUT2D eigenvalue weighted by Gasteiger charge is 2.18. The molecule has 0 unspecified atom stereocenters. The minimum Gasteiger partial charge on any atom is -0.391 e. The van der Waals surface area contributed by atoms with Crippen LogP contribution in [0.2, 0.25) is 0 Å². The molecular formula is C15H29N3OS. The number of hydrogen-bond donors (Lipinski definition) is 1. The van der Waals surface area contributed by atoms with Gasteiger partial charge in [-0.1, -0.05) is 39.0 Å². The molecule has 0 amide bonds. The smallest absolute Gasteiger partial charge is 0.185 e. The normalized spacial score (nSPS) is 11.9. The molecule has 5 heteroatoms. The molecule has 1 rings (SSSR count). The van der Waals surface area contributed by atoms with Crippen LogP contribution < -0.4 is 4.90 Å². The van der Waals surface area contributed by atoms with Gasteiger partial charge in [0.05, 0.1) is 17.2 Å². The molecular weight excluding hydrogens is 270 g/mol. The third-order valence-corrected chi connectivity index (χ3v) is 4.20. The van der Waals surface area contributed by atoms with Crippen molar-refractivity contribution in [3.8, 4) is 0 Å². The van der Waals surface area contributed by atoms with Crippen molar-refractivity contribution < 1.29 is 5.11 Å². The molecule has 0 atom stereocenters. The summed E-state index contributed by atoms with van der Waals surface area (Å²) in [4.78, 5) is 10.3. The molecule has 0 aliphatic carbocycles. The molecule has 1 aromatic rings. The molecule has 4 nitrogen and oxygen atoms in total. The zero-order valence-corrected chi connectivity index (χ0v) is 14.5. The first-order valence-electron chi connectivity index (χ1n) is 7.35. The number of rotatable bonds is 8.